The molecule has 1 aliphatic heterocycles. The number of allylic oxidation sites excluding steroid dienone is 3. The van der Waals surface area contributed by atoms with Crippen LogP contribution in [0.25, 0.3) is 0 Å². The molecule has 0 aliphatic carbocycles. The Morgan fingerprint density at radius 2 is 1.55 bits per heavy atom. The van der Waals surface area contributed by atoms with E-state index in [-0.39, 0.29) is 11.8 Å². The number of ether oxygens (including phenoxy) is 1. The van der Waals surface area contributed by atoms with Crippen LogP contribution in [0.1, 0.15) is 39.1 Å². The summed E-state index contributed by atoms with van der Waals surface area (Å²) in [5.74, 6) is 0.693. The van der Waals surface area contributed by atoms with Crippen LogP contribution in [0.4, 0.5) is 14.5 Å². The molecule has 0 bridgehead atoms. The molecule has 0 spiro atoms. The van der Waals surface area contributed by atoms with Gasteiger partial charge in [-0.2, -0.15) is 10.2 Å². The van der Waals surface area contributed by atoms with Crippen molar-refractivity contribution < 1.29 is 27.9 Å². The number of nitrogens with one attached hydrogen (secondary N) is 2. The molecule has 262 valence electrons. The Morgan fingerprint density at radius 3 is 2.25 bits per heavy atom. The topological polar surface area (TPSA) is 125 Å². The first-order chi connectivity index (χ1) is 24.5. The number of benzene rings is 3. The fourth-order valence-corrected chi connectivity index (χ4v) is 4.58. The van der Waals surface area contributed by atoms with Gasteiger partial charge < -0.3 is 9.64 Å². The molecule has 10 nitrogen and oxygen atoms in total. The van der Waals surface area contributed by atoms with Crippen molar-refractivity contribution in [3.05, 3.63) is 145 Å². The van der Waals surface area contributed by atoms with Gasteiger partial charge in [0, 0.05) is 48.4 Å². The maximum Gasteiger partial charge on any atom is 0.271 e. The number of carbonyl (C=O) groups is 3. The highest BCUT2D eigenvalue weighted by Crippen LogP contribution is 2.40. The number of amides is 3. The highest BCUT2D eigenvalue weighted by Gasteiger charge is 2.47. The highest BCUT2D eigenvalue weighted by atomic mass is 35.5. The summed E-state index contributed by atoms with van der Waals surface area (Å²) in [5.41, 5.74) is 7.03. The average molecular weight is 734 g/mol. The third-order valence-electron chi connectivity index (χ3n) is 6.99. The van der Waals surface area contributed by atoms with Crippen molar-refractivity contribution in [2.24, 2.45) is 10.2 Å². The largest absolute Gasteiger partial charge is 0.457 e. The molecule has 4 aromatic rings. The number of rotatable bonds is 12. The maximum absolute atomic E-state index is 13.7. The predicted octanol–water partition coefficient (Wildman–Crippen LogP) is 7.72. The summed E-state index contributed by atoms with van der Waals surface area (Å²) >= 11 is 10.5. The Balaban J connectivity index is 0.000000245. The number of aromatic nitrogens is 1. The van der Waals surface area contributed by atoms with Crippen LogP contribution in [-0.2, 0) is 4.79 Å². The van der Waals surface area contributed by atoms with Crippen molar-refractivity contribution in [3.63, 3.8) is 0 Å². The van der Waals surface area contributed by atoms with Crippen molar-refractivity contribution in [2.45, 2.75) is 23.1 Å². The highest BCUT2D eigenvalue weighted by molar-refractivity contribution is 6.35. The van der Waals surface area contributed by atoms with E-state index in [1.54, 1.807) is 29.3 Å². The fraction of sp³-hybridized carbons (Fsp3) is 0.135. The molecule has 2 unspecified atom stereocenters. The molecule has 2 N–H and O–H groups in total. The van der Waals surface area contributed by atoms with Crippen molar-refractivity contribution >= 4 is 59.0 Å². The van der Waals surface area contributed by atoms with E-state index in [0.717, 1.165) is 35.7 Å². The lowest BCUT2D eigenvalue weighted by Crippen LogP contribution is -2.34. The molecule has 1 aromatic heterocycles. The standard InChI is InChI=1S/C24H21N3O3.C13H11Cl2F2N3O/c28-23-13-6-14-27(23)20-9-5-8-19(16-20)24(29)26-25-17-18-7-4-12-22(15-18)30-21-10-2-1-3-11-21;1-2-12(14,16)13(15,17)6-3-7-19-20-11(21)10-4-8-18-9-5-10/h1-5,7-12,15-17H,6,13-14H2,(H,26,29);2-9H,1H2,(H,20,21)/b25-17+;6-3-,19-7+. The zero-order valence-electron chi connectivity index (χ0n) is 27.0. The molecular formula is C37H32Cl2F2N6O4. The second kappa shape index (κ2) is 18.3. The monoisotopic (exact) mass is 732 g/mol. The molecule has 3 amide bonds. The zero-order valence-corrected chi connectivity index (χ0v) is 28.5. The smallest absolute Gasteiger partial charge is 0.271 e. The molecule has 1 saturated heterocycles. The van der Waals surface area contributed by atoms with Gasteiger partial charge in [0.1, 0.15) is 11.5 Å². The lowest BCUT2D eigenvalue weighted by Gasteiger charge is -2.23. The first-order valence-corrected chi connectivity index (χ1v) is 16.1. The summed E-state index contributed by atoms with van der Waals surface area (Å²) < 4.78 is 32.9. The molecule has 1 fully saturated rings. The fourth-order valence-electron chi connectivity index (χ4n) is 4.37. The number of alkyl halides is 4. The van der Waals surface area contributed by atoms with E-state index in [1.807, 2.05) is 60.7 Å². The minimum Gasteiger partial charge on any atom is -0.457 e. The number of hydrogen-bond acceptors (Lipinski definition) is 7. The molecule has 1 aliphatic rings. The number of para-hydroxylation sites is 1. The number of pyridine rings is 1. The molecule has 51 heavy (non-hydrogen) atoms. The number of hydrazone groups is 2. The molecule has 0 radical (unpaired) electrons. The Kier molecular flexibility index (Phi) is 13.7. The van der Waals surface area contributed by atoms with E-state index in [0.29, 0.717) is 42.0 Å². The van der Waals surface area contributed by atoms with Crippen molar-refractivity contribution in [3.8, 4) is 11.5 Å². The van der Waals surface area contributed by atoms with Crippen LogP contribution in [0.5, 0.6) is 11.5 Å². The van der Waals surface area contributed by atoms with E-state index in [2.05, 4.69) is 32.6 Å². The first-order valence-electron chi connectivity index (χ1n) is 15.4. The molecule has 5 rings (SSSR count). The van der Waals surface area contributed by atoms with Gasteiger partial charge in [-0.15, -0.1) is 0 Å². The Hall–Kier alpha value is -5.72. The summed E-state index contributed by atoms with van der Waals surface area (Å²) in [6, 6.07) is 26.9. The molecule has 2 atom stereocenters. The molecule has 0 saturated carbocycles. The van der Waals surface area contributed by atoms with Gasteiger partial charge in [-0.05, 0) is 84.8 Å². The third kappa shape index (κ3) is 11.4. The molecular weight excluding hydrogens is 701 g/mol. The van der Waals surface area contributed by atoms with Gasteiger partial charge in [0.05, 0.1) is 6.21 Å². The van der Waals surface area contributed by atoms with Gasteiger partial charge >= 0.3 is 0 Å². The molecule has 2 heterocycles. The van der Waals surface area contributed by atoms with Gasteiger partial charge in [0.2, 0.25) is 5.91 Å². The van der Waals surface area contributed by atoms with Crippen LogP contribution in [0.2, 0.25) is 0 Å². The van der Waals surface area contributed by atoms with Gasteiger partial charge in [0.25, 0.3) is 22.1 Å². The minimum atomic E-state index is -2.99. The summed E-state index contributed by atoms with van der Waals surface area (Å²) in [6.45, 7) is 3.72. The SMILES string of the molecule is C=CC(F)(Cl)C(F)(Cl)/C=C\C=N\NC(=O)c1ccncc1.O=C(N/N=C/c1cccc(Oc2ccccc2)c1)c1cccc(N2CCCC2=O)c1. The normalized spacial score (nSPS) is 15.1. The third-order valence-corrected chi connectivity index (χ3v) is 7.91. The second-order valence-electron chi connectivity index (χ2n) is 10.7. The minimum absolute atomic E-state index is 0.0863. The molecule has 14 heteroatoms. The number of nitrogens with zero attached hydrogens (tertiary/aromatic N) is 4. The zero-order chi connectivity index (χ0) is 36.7. The van der Waals surface area contributed by atoms with Crippen molar-refractivity contribution in [1.82, 2.24) is 15.8 Å². The van der Waals surface area contributed by atoms with Crippen LogP contribution in [0, 0.1) is 0 Å². The predicted molar refractivity (Wildman–Crippen MR) is 195 cm³/mol. The lowest BCUT2D eigenvalue weighted by molar-refractivity contribution is -0.117. The summed E-state index contributed by atoms with van der Waals surface area (Å²) in [6.07, 6.45) is 9.04. The number of anilines is 1. The van der Waals surface area contributed by atoms with E-state index in [9.17, 15) is 23.2 Å². The molecule has 3 aromatic carbocycles. The van der Waals surface area contributed by atoms with Crippen LogP contribution < -0.4 is 20.5 Å². The summed E-state index contributed by atoms with van der Waals surface area (Å²) in [4.78, 5) is 41.4. The van der Waals surface area contributed by atoms with Gasteiger partial charge in [-0.3, -0.25) is 19.4 Å². The summed E-state index contributed by atoms with van der Waals surface area (Å²) in [5, 5.41) is 1.61. The number of hydrogen-bond donors (Lipinski definition) is 2. The number of halogens is 4. The van der Waals surface area contributed by atoms with Gasteiger partial charge in [0.15, 0.2) is 0 Å². The Labute approximate surface area is 303 Å². The van der Waals surface area contributed by atoms with E-state index >= 15 is 0 Å². The first kappa shape index (κ1) is 38.1. The van der Waals surface area contributed by atoms with E-state index in [4.69, 9.17) is 27.9 Å². The average Bonchev–Trinajstić information content (AvgIpc) is 3.58. The lowest BCUT2D eigenvalue weighted by atomic mass is 10.2. The van der Waals surface area contributed by atoms with Crippen LogP contribution >= 0.6 is 23.2 Å². The quantitative estimate of drug-likeness (QED) is 0.0668. The summed E-state index contributed by atoms with van der Waals surface area (Å²) in [7, 11) is 0. The van der Waals surface area contributed by atoms with E-state index < -0.39 is 16.2 Å². The number of carbonyl (C=O) groups excluding carboxylic acids is 3. The van der Waals surface area contributed by atoms with E-state index in [1.165, 1.54) is 24.5 Å². The Bertz CT molecular complexity index is 1910. The second-order valence-corrected chi connectivity index (χ2v) is 11.8. The van der Waals surface area contributed by atoms with Crippen molar-refractivity contribution in [1.29, 1.82) is 0 Å². The van der Waals surface area contributed by atoms with Gasteiger partial charge in [-0.25, -0.2) is 19.6 Å². The maximum atomic E-state index is 13.7. The van der Waals surface area contributed by atoms with Crippen LogP contribution in [-0.4, -0.2) is 51.9 Å². The van der Waals surface area contributed by atoms with Crippen LogP contribution in [0.15, 0.2) is 138 Å². The van der Waals surface area contributed by atoms with Gasteiger partial charge in [-0.1, -0.05) is 66.2 Å². The van der Waals surface area contributed by atoms with Crippen LogP contribution in [0.3, 0.4) is 0 Å². The van der Waals surface area contributed by atoms with Crippen molar-refractivity contribution in [2.75, 3.05) is 11.4 Å². The Morgan fingerprint density at radius 1 is 0.863 bits per heavy atom.